The van der Waals surface area contributed by atoms with Crippen molar-refractivity contribution >= 4 is 23.6 Å². The molecule has 4 aromatic heterocycles. The summed E-state index contributed by atoms with van der Waals surface area (Å²) < 4.78 is 11.7. The number of hydrogen-bond donors (Lipinski definition) is 3. The molecule has 38 heavy (non-hydrogen) atoms. The number of nitrogens with zero attached hydrogens (tertiary/aromatic N) is 7. The average molecular weight is 517 g/mol. The van der Waals surface area contributed by atoms with E-state index in [1.807, 2.05) is 37.3 Å². The van der Waals surface area contributed by atoms with E-state index in [0.717, 1.165) is 36.5 Å². The second kappa shape index (κ2) is 10.4. The number of anilines is 3. The third-order valence-corrected chi connectivity index (χ3v) is 6.50. The Morgan fingerprint density at radius 1 is 1.16 bits per heavy atom. The third kappa shape index (κ3) is 5.08. The topological polar surface area (TPSA) is 150 Å². The largest absolute Gasteiger partial charge is 0.476 e. The summed E-state index contributed by atoms with van der Waals surface area (Å²) in [5, 5.41) is 17.4. The van der Waals surface area contributed by atoms with E-state index in [4.69, 9.17) is 19.2 Å². The smallest absolute Gasteiger partial charge is 0.317 e. The van der Waals surface area contributed by atoms with Crippen LogP contribution in [0.3, 0.4) is 0 Å². The van der Waals surface area contributed by atoms with E-state index in [9.17, 15) is 4.79 Å². The zero-order valence-corrected chi connectivity index (χ0v) is 20.9. The summed E-state index contributed by atoms with van der Waals surface area (Å²) in [4.78, 5) is 29.5. The first-order valence-corrected chi connectivity index (χ1v) is 12.6. The van der Waals surface area contributed by atoms with Gasteiger partial charge in [0, 0.05) is 49.7 Å². The molecule has 0 saturated carbocycles. The van der Waals surface area contributed by atoms with Crippen LogP contribution in [0.25, 0.3) is 11.4 Å². The number of aryl methyl sites for hydroxylation is 1. The van der Waals surface area contributed by atoms with Crippen LogP contribution < -0.4 is 20.3 Å². The van der Waals surface area contributed by atoms with Gasteiger partial charge in [0.2, 0.25) is 11.8 Å². The Hall–Kier alpha value is -4.68. The Kier molecular flexibility index (Phi) is 6.46. The summed E-state index contributed by atoms with van der Waals surface area (Å²) in [7, 11) is 0. The normalized spacial score (nSPS) is 17.2. The molecular weight excluding hydrogens is 488 g/mol. The molecule has 0 bridgehead atoms. The molecule has 0 unspecified atom stereocenters. The highest BCUT2D eigenvalue weighted by Gasteiger charge is 2.32. The lowest BCUT2D eigenvalue weighted by molar-refractivity contribution is 0.201. The van der Waals surface area contributed by atoms with Gasteiger partial charge in [-0.05, 0) is 31.9 Å². The van der Waals surface area contributed by atoms with Gasteiger partial charge in [-0.3, -0.25) is 10.1 Å². The van der Waals surface area contributed by atoms with E-state index in [1.54, 1.807) is 17.2 Å². The van der Waals surface area contributed by atoms with Crippen molar-refractivity contribution in [2.24, 2.45) is 0 Å². The molecule has 1 atom stereocenters. The summed E-state index contributed by atoms with van der Waals surface area (Å²) in [6, 6.07) is 11.1. The Morgan fingerprint density at radius 3 is 2.89 bits per heavy atom. The summed E-state index contributed by atoms with van der Waals surface area (Å²) in [5.74, 6) is 2.83. The number of aromatic amines is 1. The van der Waals surface area contributed by atoms with Crippen LogP contribution in [0.15, 0.2) is 47.1 Å². The molecule has 0 radical (unpaired) electrons. The first-order valence-electron chi connectivity index (χ1n) is 12.6. The zero-order chi connectivity index (χ0) is 25.9. The Morgan fingerprint density at radius 2 is 2.11 bits per heavy atom. The molecular formula is C25H28N10O3. The number of amides is 2. The van der Waals surface area contributed by atoms with Gasteiger partial charge in [0.05, 0.1) is 18.3 Å². The van der Waals surface area contributed by atoms with Gasteiger partial charge in [0.15, 0.2) is 11.6 Å². The SMILES string of the molecule is Cc1cc(Nc2cc(OCCN3CCNC3=O)nc(N3CCC[C@H]3c3cc(-c4ccccn4)no3)n2)n[nH]1. The molecule has 0 spiro atoms. The molecule has 2 saturated heterocycles. The number of aromatic nitrogens is 6. The van der Waals surface area contributed by atoms with Crippen molar-refractivity contribution in [1.82, 2.24) is 40.5 Å². The number of carbonyl (C=O) groups excluding carboxylic acids is 1. The Bertz CT molecular complexity index is 1410. The first kappa shape index (κ1) is 23.7. The molecule has 0 aromatic carbocycles. The van der Waals surface area contributed by atoms with Crippen molar-refractivity contribution in [1.29, 1.82) is 0 Å². The maximum absolute atomic E-state index is 11.9. The highest BCUT2D eigenvalue weighted by molar-refractivity contribution is 5.76. The third-order valence-electron chi connectivity index (χ3n) is 6.50. The van der Waals surface area contributed by atoms with E-state index in [2.05, 4.69) is 35.9 Å². The number of rotatable bonds is 9. The predicted octanol–water partition coefficient (Wildman–Crippen LogP) is 3.05. The molecule has 13 heteroatoms. The lowest BCUT2D eigenvalue weighted by atomic mass is 10.1. The van der Waals surface area contributed by atoms with Crippen LogP contribution in [0.1, 0.15) is 30.3 Å². The Balaban J connectivity index is 1.25. The quantitative estimate of drug-likeness (QED) is 0.303. The second-order valence-corrected chi connectivity index (χ2v) is 9.20. The summed E-state index contributed by atoms with van der Waals surface area (Å²) in [6.07, 6.45) is 3.55. The van der Waals surface area contributed by atoms with Gasteiger partial charge in [-0.15, -0.1) is 0 Å². The fourth-order valence-corrected chi connectivity index (χ4v) is 4.66. The highest BCUT2D eigenvalue weighted by Crippen LogP contribution is 2.37. The van der Waals surface area contributed by atoms with Crippen molar-refractivity contribution < 1.29 is 14.1 Å². The number of pyridine rings is 1. The van der Waals surface area contributed by atoms with Crippen LogP contribution in [0.2, 0.25) is 0 Å². The molecule has 6 rings (SSSR count). The van der Waals surface area contributed by atoms with Gasteiger partial charge in [-0.1, -0.05) is 11.2 Å². The monoisotopic (exact) mass is 516 g/mol. The van der Waals surface area contributed by atoms with Crippen molar-refractivity contribution in [3.05, 3.63) is 54.0 Å². The van der Waals surface area contributed by atoms with Crippen LogP contribution in [0, 0.1) is 6.92 Å². The minimum atomic E-state index is -0.0796. The maximum atomic E-state index is 11.9. The van der Waals surface area contributed by atoms with E-state index < -0.39 is 0 Å². The molecule has 3 N–H and O–H groups in total. The van der Waals surface area contributed by atoms with Gasteiger partial charge in [0.25, 0.3) is 0 Å². The minimum absolute atomic E-state index is 0.0785. The number of urea groups is 1. The molecule has 2 fully saturated rings. The van der Waals surface area contributed by atoms with Crippen molar-refractivity contribution in [2.75, 3.05) is 43.0 Å². The van der Waals surface area contributed by atoms with Gasteiger partial charge >= 0.3 is 6.03 Å². The van der Waals surface area contributed by atoms with Crippen molar-refractivity contribution in [2.45, 2.75) is 25.8 Å². The summed E-state index contributed by atoms with van der Waals surface area (Å²) in [5.41, 5.74) is 2.37. The van der Waals surface area contributed by atoms with E-state index in [1.165, 1.54) is 0 Å². The van der Waals surface area contributed by atoms with E-state index >= 15 is 0 Å². The first-order chi connectivity index (χ1) is 18.6. The lowest BCUT2D eigenvalue weighted by Gasteiger charge is -2.23. The molecule has 6 heterocycles. The molecule has 2 amide bonds. The lowest BCUT2D eigenvalue weighted by Crippen LogP contribution is -2.32. The van der Waals surface area contributed by atoms with Crippen LogP contribution in [0.4, 0.5) is 22.4 Å². The van der Waals surface area contributed by atoms with Gasteiger partial charge < -0.3 is 29.7 Å². The standard InChI is InChI=1S/C25H28N10O3/c1-16-13-22(32-31-16)28-21-15-23(37-12-11-34-10-8-27-25(34)36)30-24(29-21)35-9-4-6-19(35)20-14-18(33-38-20)17-5-2-3-7-26-17/h2-3,5,7,13-15,19H,4,6,8-12H2,1H3,(H,27,36)(H2,28,29,30,31,32)/t19-/m0/s1. The van der Waals surface area contributed by atoms with Crippen LogP contribution in [0.5, 0.6) is 5.88 Å². The maximum Gasteiger partial charge on any atom is 0.317 e. The fourth-order valence-electron chi connectivity index (χ4n) is 4.66. The minimum Gasteiger partial charge on any atom is -0.476 e. The van der Waals surface area contributed by atoms with E-state index in [-0.39, 0.29) is 12.1 Å². The van der Waals surface area contributed by atoms with E-state index in [0.29, 0.717) is 55.4 Å². The average Bonchev–Trinajstić information content (AvgIpc) is 3.73. The number of nitrogens with one attached hydrogen (secondary N) is 3. The summed E-state index contributed by atoms with van der Waals surface area (Å²) >= 11 is 0. The van der Waals surface area contributed by atoms with Crippen molar-refractivity contribution in [3.8, 4) is 17.3 Å². The molecule has 196 valence electrons. The molecule has 13 nitrogen and oxygen atoms in total. The van der Waals surface area contributed by atoms with Crippen LogP contribution in [-0.4, -0.2) is 74.0 Å². The molecule has 0 aliphatic carbocycles. The molecule has 2 aliphatic heterocycles. The number of carbonyl (C=O) groups is 1. The van der Waals surface area contributed by atoms with Crippen LogP contribution >= 0.6 is 0 Å². The molecule has 2 aliphatic rings. The predicted molar refractivity (Wildman–Crippen MR) is 138 cm³/mol. The van der Waals surface area contributed by atoms with Crippen LogP contribution in [-0.2, 0) is 0 Å². The van der Waals surface area contributed by atoms with Gasteiger partial charge in [0.1, 0.15) is 18.1 Å². The number of hydrogen-bond acceptors (Lipinski definition) is 10. The second-order valence-electron chi connectivity index (χ2n) is 9.20. The highest BCUT2D eigenvalue weighted by atomic mass is 16.5. The van der Waals surface area contributed by atoms with Crippen molar-refractivity contribution in [3.63, 3.8) is 0 Å². The molecule has 4 aromatic rings. The zero-order valence-electron chi connectivity index (χ0n) is 20.9. The van der Waals surface area contributed by atoms with Gasteiger partial charge in [-0.2, -0.15) is 15.1 Å². The van der Waals surface area contributed by atoms with Gasteiger partial charge in [-0.25, -0.2) is 4.79 Å². The summed E-state index contributed by atoms with van der Waals surface area (Å²) in [6.45, 7) is 4.76. The number of H-pyrrole nitrogens is 1. The fraction of sp³-hybridized carbons (Fsp3) is 0.360. The number of ether oxygens (including phenoxy) is 1. The Labute approximate surface area is 218 Å².